The quantitative estimate of drug-likeness (QED) is 0.333. The number of nitrogens with one attached hydrogen (secondary N) is 1. The number of carbonyl (C=O) groups is 2. The van der Waals surface area contributed by atoms with Crippen molar-refractivity contribution in [3.63, 3.8) is 0 Å². The van der Waals surface area contributed by atoms with E-state index in [-0.39, 0.29) is 43.8 Å². The third-order valence-electron chi connectivity index (χ3n) is 6.93. The molecule has 1 aliphatic carbocycles. The molecule has 1 fully saturated rings. The molecule has 8 nitrogen and oxygen atoms in total. The highest BCUT2D eigenvalue weighted by atomic mass is 35.5. The molecule has 2 amide bonds. The van der Waals surface area contributed by atoms with Crippen LogP contribution in [0, 0.1) is 0 Å². The Bertz CT molecular complexity index is 1250. The van der Waals surface area contributed by atoms with Crippen molar-refractivity contribution in [3.05, 3.63) is 58.1 Å². The first-order chi connectivity index (χ1) is 18.5. The molecule has 3 rings (SSSR count). The minimum absolute atomic E-state index is 0.0513. The Labute approximate surface area is 241 Å². The average molecular weight is 599 g/mol. The Balaban J connectivity index is 1.79. The first kappa shape index (κ1) is 31.0. The lowest BCUT2D eigenvalue weighted by Gasteiger charge is -2.32. The number of benzene rings is 2. The molecule has 0 aromatic heterocycles. The number of methoxy groups -OCH3 is 1. The molecule has 0 saturated heterocycles. The standard InChI is InChI=1S/C28H37Cl2N3O5S/c1-4-24(28(35)31-21-10-5-6-11-21)32(19-20-15-16-22(29)23(30)18-20)27(34)14-9-17-33(39(3,36)37)25-12-7-8-13-26(25)38-2/h7-8,12-13,15-16,18,21,24H,4-6,9-11,14,17,19H2,1-3H3,(H,31,35). The van der Waals surface area contributed by atoms with Crippen LogP contribution in [0.5, 0.6) is 5.75 Å². The molecule has 0 heterocycles. The van der Waals surface area contributed by atoms with Crippen molar-refractivity contribution in [1.82, 2.24) is 10.2 Å². The van der Waals surface area contributed by atoms with Crippen molar-refractivity contribution in [3.8, 4) is 5.75 Å². The van der Waals surface area contributed by atoms with Crippen LogP contribution in [0.15, 0.2) is 42.5 Å². The van der Waals surface area contributed by atoms with E-state index >= 15 is 0 Å². The molecule has 1 aliphatic rings. The highest BCUT2D eigenvalue weighted by Crippen LogP contribution is 2.30. The summed E-state index contributed by atoms with van der Waals surface area (Å²) in [6, 6.07) is 11.4. The summed E-state index contributed by atoms with van der Waals surface area (Å²) in [5, 5.41) is 3.89. The van der Waals surface area contributed by atoms with Gasteiger partial charge in [0.2, 0.25) is 21.8 Å². The summed E-state index contributed by atoms with van der Waals surface area (Å²) in [5.41, 5.74) is 1.15. The molecule has 0 aliphatic heterocycles. The lowest BCUT2D eigenvalue weighted by atomic mass is 10.1. The van der Waals surface area contributed by atoms with Gasteiger partial charge in [-0.25, -0.2) is 8.42 Å². The van der Waals surface area contributed by atoms with E-state index in [0.717, 1.165) is 37.5 Å². The zero-order chi connectivity index (χ0) is 28.6. The first-order valence-electron chi connectivity index (χ1n) is 13.2. The lowest BCUT2D eigenvalue weighted by Crippen LogP contribution is -2.51. The monoisotopic (exact) mass is 597 g/mol. The Morgan fingerprint density at radius 1 is 1.10 bits per heavy atom. The molecule has 1 saturated carbocycles. The molecule has 1 atom stereocenters. The Morgan fingerprint density at radius 2 is 1.79 bits per heavy atom. The number of rotatable bonds is 13. The molecule has 2 aromatic carbocycles. The lowest BCUT2D eigenvalue weighted by molar-refractivity contribution is -0.141. The number of carbonyl (C=O) groups excluding carboxylic acids is 2. The SMILES string of the molecule is CCC(C(=O)NC1CCCC1)N(Cc1ccc(Cl)c(Cl)c1)C(=O)CCCN(c1ccccc1OC)S(C)(=O)=O. The van der Waals surface area contributed by atoms with E-state index < -0.39 is 16.1 Å². The molecule has 0 bridgehead atoms. The fourth-order valence-corrected chi connectivity index (χ4v) is 6.23. The number of sulfonamides is 1. The van der Waals surface area contributed by atoms with E-state index in [2.05, 4.69) is 5.32 Å². The highest BCUT2D eigenvalue weighted by molar-refractivity contribution is 7.92. The summed E-state index contributed by atoms with van der Waals surface area (Å²) < 4.78 is 31.8. The van der Waals surface area contributed by atoms with E-state index in [1.165, 1.54) is 11.4 Å². The summed E-state index contributed by atoms with van der Waals surface area (Å²) >= 11 is 12.3. The Morgan fingerprint density at radius 3 is 2.41 bits per heavy atom. The van der Waals surface area contributed by atoms with Crippen molar-refractivity contribution < 1.29 is 22.7 Å². The minimum Gasteiger partial charge on any atom is -0.495 e. The molecule has 2 aromatic rings. The molecule has 214 valence electrons. The molecular weight excluding hydrogens is 561 g/mol. The van der Waals surface area contributed by atoms with Crippen LogP contribution in [0.4, 0.5) is 5.69 Å². The molecule has 11 heteroatoms. The van der Waals surface area contributed by atoms with Crippen LogP contribution in [0.25, 0.3) is 0 Å². The molecule has 39 heavy (non-hydrogen) atoms. The van der Waals surface area contributed by atoms with Crippen molar-refractivity contribution in [1.29, 1.82) is 0 Å². The van der Waals surface area contributed by atoms with Gasteiger partial charge in [0.15, 0.2) is 0 Å². The molecule has 0 radical (unpaired) electrons. The third-order valence-corrected chi connectivity index (χ3v) is 8.85. The minimum atomic E-state index is -3.64. The number of para-hydroxylation sites is 2. The van der Waals surface area contributed by atoms with Crippen LogP contribution in [0.2, 0.25) is 10.0 Å². The van der Waals surface area contributed by atoms with Gasteiger partial charge in [0.1, 0.15) is 11.8 Å². The fourth-order valence-electron chi connectivity index (χ4n) is 4.94. The van der Waals surface area contributed by atoms with Gasteiger partial charge in [-0.2, -0.15) is 0 Å². The van der Waals surface area contributed by atoms with Crippen molar-refractivity contribution in [2.24, 2.45) is 0 Å². The zero-order valence-electron chi connectivity index (χ0n) is 22.7. The summed E-state index contributed by atoms with van der Waals surface area (Å²) in [7, 11) is -2.16. The van der Waals surface area contributed by atoms with Crippen LogP contribution in [-0.2, 0) is 26.2 Å². The number of hydrogen-bond donors (Lipinski definition) is 1. The first-order valence-corrected chi connectivity index (χ1v) is 15.8. The third kappa shape index (κ3) is 8.50. The predicted molar refractivity (Wildman–Crippen MR) is 156 cm³/mol. The number of anilines is 1. The van der Waals surface area contributed by atoms with Gasteiger partial charge in [-0.3, -0.25) is 13.9 Å². The van der Waals surface area contributed by atoms with Gasteiger partial charge in [-0.1, -0.05) is 61.2 Å². The summed E-state index contributed by atoms with van der Waals surface area (Å²) in [6.07, 6.45) is 5.90. The number of nitrogens with zero attached hydrogens (tertiary/aromatic N) is 2. The maximum atomic E-state index is 13.6. The van der Waals surface area contributed by atoms with Crippen molar-refractivity contribution in [2.75, 3.05) is 24.2 Å². The summed E-state index contributed by atoms with van der Waals surface area (Å²) in [6.45, 7) is 2.13. The predicted octanol–water partition coefficient (Wildman–Crippen LogP) is 5.41. The van der Waals surface area contributed by atoms with E-state index in [0.29, 0.717) is 27.9 Å². The normalized spacial score (nSPS) is 14.6. The molecule has 0 spiro atoms. The Kier molecular flexibility index (Phi) is 11.3. The second kappa shape index (κ2) is 14.2. The Hall–Kier alpha value is -2.49. The number of halogens is 2. The van der Waals surface area contributed by atoms with E-state index in [1.54, 1.807) is 47.4 Å². The number of hydrogen-bond acceptors (Lipinski definition) is 5. The van der Waals surface area contributed by atoms with Gasteiger partial charge in [-0.05, 0) is 55.5 Å². The van der Waals surface area contributed by atoms with E-state index in [4.69, 9.17) is 27.9 Å². The van der Waals surface area contributed by atoms with E-state index in [9.17, 15) is 18.0 Å². The van der Waals surface area contributed by atoms with Gasteiger partial charge < -0.3 is 15.0 Å². The topological polar surface area (TPSA) is 96.0 Å². The number of amides is 2. The largest absolute Gasteiger partial charge is 0.495 e. The van der Waals surface area contributed by atoms with Crippen LogP contribution < -0.4 is 14.4 Å². The maximum absolute atomic E-state index is 13.6. The van der Waals surface area contributed by atoms with Crippen LogP contribution >= 0.6 is 23.2 Å². The maximum Gasteiger partial charge on any atom is 0.243 e. The molecule has 1 unspecified atom stereocenters. The summed E-state index contributed by atoms with van der Waals surface area (Å²) in [4.78, 5) is 28.5. The smallest absolute Gasteiger partial charge is 0.243 e. The van der Waals surface area contributed by atoms with Crippen LogP contribution in [0.3, 0.4) is 0 Å². The molecular formula is C28H37Cl2N3O5S. The highest BCUT2D eigenvalue weighted by Gasteiger charge is 2.31. The van der Waals surface area contributed by atoms with Crippen LogP contribution in [-0.4, -0.2) is 57.1 Å². The van der Waals surface area contributed by atoms with Gasteiger partial charge in [-0.15, -0.1) is 0 Å². The van der Waals surface area contributed by atoms with Gasteiger partial charge in [0, 0.05) is 25.6 Å². The second-order valence-corrected chi connectivity index (χ2v) is 12.5. The van der Waals surface area contributed by atoms with Crippen molar-refractivity contribution in [2.45, 2.75) is 70.5 Å². The van der Waals surface area contributed by atoms with Gasteiger partial charge in [0.25, 0.3) is 0 Å². The number of ether oxygens (including phenoxy) is 1. The van der Waals surface area contributed by atoms with Crippen LogP contribution in [0.1, 0.15) is 57.4 Å². The van der Waals surface area contributed by atoms with E-state index in [1.807, 2.05) is 6.92 Å². The summed E-state index contributed by atoms with van der Waals surface area (Å²) in [5.74, 6) is -0.00214. The average Bonchev–Trinajstić information content (AvgIpc) is 3.40. The zero-order valence-corrected chi connectivity index (χ0v) is 25.0. The van der Waals surface area contributed by atoms with Gasteiger partial charge in [0.05, 0.1) is 29.1 Å². The van der Waals surface area contributed by atoms with Gasteiger partial charge >= 0.3 is 0 Å². The second-order valence-electron chi connectivity index (χ2n) is 9.79. The molecule has 1 N–H and O–H groups in total. The van der Waals surface area contributed by atoms with Crippen molar-refractivity contribution >= 4 is 50.7 Å². The fraction of sp³-hybridized carbons (Fsp3) is 0.500.